The van der Waals surface area contributed by atoms with Gasteiger partial charge < -0.3 is 9.67 Å². The number of carboxylic acid groups (broad SMARTS) is 1. The van der Waals surface area contributed by atoms with Crippen LogP contribution in [0.15, 0.2) is 12.5 Å². The van der Waals surface area contributed by atoms with E-state index in [0.717, 1.165) is 5.69 Å². The molecule has 0 saturated carbocycles. The summed E-state index contributed by atoms with van der Waals surface area (Å²) in [7, 11) is 1.82. The van der Waals surface area contributed by atoms with Crippen LogP contribution >= 0.6 is 0 Å². The zero-order chi connectivity index (χ0) is 11.5. The molecule has 2 heterocycles. The van der Waals surface area contributed by atoms with Crippen LogP contribution in [0.5, 0.6) is 0 Å². The van der Waals surface area contributed by atoms with Gasteiger partial charge in [0.15, 0.2) is 5.82 Å². The van der Waals surface area contributed by atoms with Crippen LogP contribution in [-0.2, 0) is 18.4 Å². The first kappa shape index (κ1) is 10.3. The van der Waals surface area contributed by atoms with E-state index in [2.05, 4.69) is 20.5 Å². The highest BCUT2D eigenvalue weighted by atomic mass is 16.4. The Morgan fingerprint density at radius 3 is 3.00 bits per heavy atom. The summed E-state index contributed by atoms with van der Waals surface area (Å²) in [6, 6.07) is 0. The summed E-state index contributed by atoms with van der Waals surface area (Å²) in [5.74, 6) is -0.368. The molecule has 84 valence electrons. The molecule has 0 spiro atoms. The van der Waals surface area contributed by atoms with Crippen molar-refractivity contribution in [2.45, 2.75) is 13.0 Å². The fraction of sp³-hybridized carbons (Fsp3) is 0.375. The standard InChI is InChI=1S/C8H10N6O2/c1-13-5-9-4-6(13)8-10-11-12-14(8)3-2-7(15)16/h4-5H,2-3H2,1H3,(H,15,16). The molecule has 0 radical (unpaired) electrons. The van der Waals surface area contributed by atoms with Gasteiger partial charge in [0.05, 0.1) is 25.5 Å². The highest BCUT2D eigenvalue weighted by Gasteiger charge is 2.12. The van der Waals surface area contributed by atoms with E-state index in [9.17, 15) is 4.79 Å². The highest BCUT2D eigenvalue weighted by molar-refractivity contribution is 5.66. The molecule has 0 aromatic carbocycles. The third-order valence-corrected chi connectivity index (χ3v) is 2.12. The molecule has 0 amide bonds. The van der Waals surface area contributed by atoms with Crippen molar-refractivity contribution in [1.82, 2.24) is 29.8 Å². The van der Waals surface area contributed by atoms with Crippen molar-refractivity contribution in [3.05, 3.63) is 12.5 Å². The summed E-state index contributed by atoms with van der Waals surface area (Å²) in [6.45, 7) is 0.239. The lowest BCUT2D eigenvalue weighted by Gasteiger charge is -2.02. The Labute approximate surface area is 90.5 Å². The minimum absolute atomic E-state index is 0.0180. The Morgan fingerprint density at radius 2 is 2.38 bits per heavy atom. The number of hydrogen-bond donors (Lipinski definition) is 1. The average molecular weight is 222 g/mol. The predicted octanol–water partition coefficient (Wildman–Crippen LogP) is -0.452. The number of hydrogen-bond acceptors (Lipinski definition) is 5. The molecule has 16 heavy (non-hydrogen) atoms. The Bertz CT molecular complexity index is 502. The maximum atomic E-state index is 10.5. The van der Waals surface area contributed by atoms with E-state index < -0.39 is 5.97 Å². The number of imidazole rings is 1. The number of carbonyl (C=O) groups is 1. The molecule has 0 unspecified atom stereocenters. The minimum atomic E-state index is -0.883. The molecule has 2 aromatic rings. The van der Waals surface area contributed by atoms with E-state index in [1.54, 1.807) is 17.1 Å². The lowest BCUT2D eigenvalue weighted by Crippen LogP contribution is -2.08. The maximum absolute atomic E-state index is 10.5. The van der Waals surface area contributed by atoms with Crippen molar-refractivity contribution in [2.24, 2.45) is 7.05 Å². The van der Waals surface area contributed by atoms with Crippen molar-refractivity contribution < 1.29 is 9.90 Å². The molecule has 0 atom stereocenters. The van der Waals surface area contributed by atoms with E-state index in [0.29, 0.717) is 5.82 Å². The van der Waals surface area contributed by atoms with Crippen molar-refractivity contribution in [2.75, 3.05) is 0 Å². The van der Waals surface area contributed by atoms with Gasteiger partial charge in [-0.1, -0.05) is 0 Å². The normalized spacial score (nSPS) is 10.6. The Balaban J connectivity index is 2.26. The molecular formula is C8H10N6O2. The monoisotopic (exact) mass is 222 g/mol. The Kier molecular flexibility index (Phi) is 2.63. The number of rotatable bonds is 4. The number of aromatic nitrogens is 6. The maximum Gasteiger partial charge on any atom is 0.305 e. The smallest absolute Gasteiger partial charge is 0.305 e. The second-order valence-electron chi connectivity index (χ2n) is 3.26. The topological polar surface area (TPSA) is 98.7 Å². The van der Waals surface area contributed by atoms with Crippen molar-refractivity contribution in [3.63, 3.8) is 0 Å². The van der Waals surface area contributed by atoms with Crippen LogP contribution in [0, 0.1) is 0 Å². The predicted molar refractivity (Wildman–Crippen MR) is 52.3 cm³/mol. The quantitative estimate of drug-likeness (QED) is 0.752. The summed E-state index contributed by atoms with van der Waals surface area (Å²) < 4.78 is 3.22. The fourth-order valence-corrected chi connectivity index (χ4v) is 1.31. The first-order valence-electron chi connectivity index (χ1n) is 4.63. The number of aryl methyl sites for hydroxylation is 2. The molecule has 8 heteroatoms. The van der Waals surface area contributed by atoms with E-state index in [1.807, 2.05) is 7.05 Å². The lowest BCUT2D eigenvalue weighted by atomic mass is 10.4. The molecule has 8 nitrogen and oxygen atoms in total. The van der Waals surface area contributed by atoms with Crippen LogP contribution in [0.2, 0.25) is 0 Å². The zero-order valence-corrected chi connectivity index (χ0v) is 8.61. The molecule has 0 aliphatic heterocycles. The van der Waals surface area contributed by atoms with Crippen LogP contribution in [0.3, 0.4) is 0 Å². The van der Waals surface area contributed by atoms with Gasteiger partial charge in [-0.25, -0.2) is 9.67 Å². The Morgan fingerprint density at radius 1 is 1.56 bits per heavy atom. The molecule has 0 aliphatic rings. The molecule has 0 fully saturated rings. The average Bonchev–Trinajstić information content (AvgIpc) is 2.82. The fourth-order valence-electron chi connectivity index (χ4n) is 1.31. The lowest BCUT2D eigenvalue weighted by molar-refractivity contribution is -0.137. The molecule has 0 aliphatic carbocycles. The van der Waals surface area contributed by atoms with Crippen LogP contribution in [0.25, 0.3) is 11.5 Å². The van der Waals surface area contributed by atoms with Gasteiger partial charge in [-0.05, 0) is 10.4 Å². The van der Waals surface area contributed by atoms with E-state index in [-0.39, 0.29) is 13.0 Å². The number of nitrogens with zero attached hydrogens (tertiary/aromatic N) is 6. The van der Waals surface area contributed by atoms with Crippen molar-refractivity contribution in [3.8, 4) is 11.5 Å². The summed E-state index contributed by atoms with van der Waals surface area (Å²) in [6.07, 6.45) is 3.24. The van der Waals surface area contributed by atoms with Crippen molar-refractivity contribution in [1.29, 1.82) is 0 Å². The molecule has 0 saturated heterocycles. The van der Waals surface area contributed by atoms with Crippen molar-refractivity contribution >= 4 is 5.97 Å². The summed E-state index contributed by atoms with van der Waals surface area (Å²) in [5.41, 5.74) is 0.746. The van der Waals surface area contributed by atoms with Gasteiger partial charge in [-0.3, -0.25) is 4.79 Å². The second-order valence-corrected chi connectivity index (χ2v) is 3.26. The van der Waals surface area contributed by atoms with E-state index >= 15 is 0 Å². The van der Waals surface area contributed by atoms with Crippen LogP contribution < -0.4 is 0 Å². The summed E-state index contributed by atoms with van der Waals surface area (Å²) in [4.78, 5) is 14.4. The van der Waals surface area contributed by atoms with Crippen LogP contribution in [0.1, 0.15) is 6.42 Å². The Hall–Kier alpha value is -2.25. The highest BCUT2D eigenvalue weighted by Crippen LogP contribution is 2.13. The van der Waals surface area contributed by atoms with Crippen LogP contribution in [-0.4, -0.2) is 40.8 Å². The molecular weight excluding hydrogens is 212 g/mol. The third kappa shape index (κ3) is 1.90. The SMILES string of the molecule is Cn1cncc1-c1nnnn1CCC(=O)O. The van der Waals surface area contributed by atoms with Crippen LogP contribution in [0.4, 0.5) is 0 Å². The summed E-state index contributed by atoms with van der Waals surface area (Å²) >= 11 is 0. The van der Waals surface area contributed by atoms with Gasteiger partial charge in [0.1, 0.15) is 5.69 Å². The largest absolute Gasteiger partial charge is 0.481 e. The minimum Gasteiger partial charge on any atom is -0.481 e. The number of aliphatic carboxylic acids is 1. The first-order chi connectivity index (χ1) is 7.68. The first-order valence-corrected chi connectivity index (χ1v) is 4.63. The van der Waals surface area contributed by atoms with E-state index in [1.165, 1.54) is 4.68 Å². The van der Waals surface area contributed by atoms with Gasteiger partial charge >= 0.3 is 5.97 Å². The third-order valence-electron chi connectivity index (χ3n) is 2.12. The second kappa shape index (κ2) is 4.09. The van der Waals surface area contributed by atoms with Gasteiger partial charge in [0.25, 0.3) is 0 Å². The van der Waals surface area contributed by atoms with Gasteiger partial charge in [0.2, 0.25) is 0 Å². The molecule has 2 rings (SSSR count). The molecule has 0 bridgehead atoms. The van der Waals surface area contributed by atoms with Gasteiger partial charge in [-0.2, -0.15) is 0 Å². The summed E-state index contributed by atoms with van der Waals surface area (Å²) in [5, 5.41) is 19.7. The molecule has 1 N–H and O–H groups in total. The number of tetrazole rings is 1. The molecule has 2 aromatic heterocycles. The van der Waals surface area contributed by atoms with E-state index in [4.69, 9.17) is 5.11 Å². The zero-order valence-electron chi connectivity index (χ0n) is 8.61. The number of carboxylic acids is 1. The van der Waals surface area contributed by atoms with Gasteiger partial charge in [0, 0.05) is 7.05 Å². The van der Waals surface area contributed by atoms with Gasteiger partial charge in [-0.15, -0.1) is 5.10 Å².